The number of amides is 1. The Morgan fingerprint density at radius 3 is 2.27 bits per heavy atom. The van der Waals surface area contributed by atoms with Crippen LogP contribution in [-0.2, 0) is 4.79 Å². The molecule has 5 rings (SSSR count). The van der Waals surface area contributed by atoms with Gasteiger partial charge in [0, 0.05) is 12.1 Å². The van der Waals surface area contributed by atoms with E-state index in [1.807, 2.05) is 30.3 Å². The summed E-state index contributed by atoms with van der Waals surface area (Å²) in [4.78, 5) is 12.1. The summed E-state index contributed by atoms with van der Waals surface area (Å²) in [5.41, 5.74) is 1.38. The summed E-state index contributed by atoms with van der Waals surface area (Å²) in [5.74, 6) is 2.58. The second-order valence-corrected chi connectivity index (χ2v) is 9.12. The van der Waals surface area contributed by atoms with Gasteiger partial charge in [-0.3, -0.25) is 10.1 Å². The van der Waals surface area contributed by atoms with Gasteiger partial charge in [0.1, 0.15) is 0 Å². The fraction of sp³-hybridized carbons (Fsp3) is 0.545. The molecule has 1 aromatic rings. The molecule has 26 heavy (non-hydrogen) atoms. The van der Waals surface area contributed by atoms with E-state index >= 15 is 0 Å². The molecule has 1 unspecified atom stereocenters. The summed E-state index contributed by atoms with van der Waals surface area (Å²) in [6.07, 6.45) is 11.7. The second kappa shape index (κ2) is 7.15. The molecule has 4 saturated carbocycles. The van der Waals surface area contributed by atoms with Gasteiger partial charge in [0.15, 0.2) is 5.11 Å². The van der Waals surface area contributed by atoms with Crippen LogP contribution in [-0.4, -0.2) is 17.1 Å². The third kappa shape index (κ3) is 3.71. The summed E-state index contributed by atoms with van der Waals surface area (Å²) in [5, 5.41) is 6.69. The maximum absolute atomic E-state index is 12.1. The standard InChI is InChI=1S/C22H28N2OS/c1-15(22-12-17-9-18(13-22)11-19(10-17)14-22)23-21(26)24-20(25)8-7-16-5-3-2-4-6-16/h2-8,15,17-19H,9-14H2,1H3,(H2,23,24,25,26)/b8-7+. The number of carbonyl (C=O) groups excluding carboxylic acids is 1. The molecule has 4 heteroatoms. The smallest absolute Gasteiger partial charge is 0.250 e. The summed E-state index contributed by atoms with van der Waals surface area (Å²) in [6, 6.07) is 10.1. The van der Waals surface area contributed by atoms with Gasteiger partial charge in [-0.1, -0.05) is 30.3 Å². The molecule has 4 aliphatic rings. The zero-order valence-electron chi connectivity index (χ0n) is 15.4. The van der Waals surface area contributed by atoms with E-state index in [0.29, 0.717) is 16.6 Å². The number of benzene rings is 1. The molecular formula is C22H28N2OS. The lowest BCUT2D eigenvalue weighted by Crippen LogP contribution is -2.57. The third-order valence-electron chi connectivity index (χ3n) is 6.82. The molecular weight excluding hydrogens is 340 g/mol. The molecule has 0 saturated heterocycles. The first-order valence-corrected chi connectivity index (χ1v) is 10.3. The summed E-state index contributed by atoms with van der Waals surface area (Å²) in [6.45, 7) is 2.26. The highest BCUT2D eigenvalue weighted by molar-refractivity contribution is 7.80. The fourth-order valence-corrected chi connectivity index (χ4v) is 6.26. The highest BCUT2D eigenvalue weighted by Crippen LogP contribution is 2.61. The van der Waals surface area contributed by atoms with Gasteiger partial charge in [-0.25, -0.2) is 0 Å². The number of hydrogen-bond acceptors (Lipinski definition) is 2. The van der Waals surface area contributed by atoms with Crippen molar-refractivity contribution in [2.75, 3.05) is 0 Å². The summed E-state index contributed by atoms with van der Waals surface area (Å²) in [7, 11) is 0. The van der Waals surface area contributed by atoms with Crippen molar-refractivity contribution >= 4 is 29.3 Å². The van der Waals surface area contributed by atoms with Crippen molar-refractivity contribution in [3.63, 3.8) is 0 Å². The first-order valence-electron chi connectivity index (χ1n) is 9.87. The Balaban J connectivity index is 1.32. The molecule has 0 aromatic heterocycles. The van der Waals surface area contributed by atoms with E-state index in [1.165, 1.54) is 38.5 Å². The van der Waals surface area contributed by atoms with Crippen molar-refractivity contribution in [1.82, 2.24) is 10.6 Å². The molecule has 4 aliphatic carbocycles. The maximum atomic E-state index is 12.1. The van der Waals surface area contributed by atoms with Crippen LogP contribution >= 0.6 is 12.2 Å². The Hall–Kier alpha value is -1.68. The molecule has 138 valence electrons. The lowest BCUT2D eigenvalue weighted by molar-refractivity contribution is -0.115. The van der Waals surface area contributed by atoms with Crippen molar-refractivity contribution < 1.29 is 4.79 Å². The number of nitrogens with one attached hydrogen (secondary N) is 2. The molecule has 0 aliphatic heterocycles. The Morgan fingerprint density at radius 1 is 1.12 bits per heavy atom. The van der Waals surface area contributed by atoms with E-state index < -0.39 is 0 Å². The number of rotatable bonds is 4. The molecule has 0 heterocycles. The molecule has 1 amide bonds. The van der Waals surface area contributed by atoms with Crippen molar-refractivity contribution in [3.8, 4) is 0 Å². The normalized spacial score (nSPS) is 33.2. The van der Waals surface area contributed by atoms with Crippen LogP contribution in [0.1, 0.15) is 51.0 Å². The van der Waals surface area contributed by atoms with Crippen molar-refractivity contribution in [1.29, 1.82) is 0 Å². The van der Waals surface area contributed by atoms with E-state index in [9.17, 15) is 4.79 Å². The van der Waals surface area contributed by atoms with Crippen LogP contribution in [0.3, 0.4) is 0 Å². The molecule has 3 nitrogen and oxygen atoms in total. The van der Waals surface area contributed by atoms with E-state index in [1.54, 1.807) is 12.2 Å². The van der Waals surface area contributed by atoms with Crippen molar-refractivity contribution in [2.45, 2.75) is 51.5 Å². The molecule has 1 atom stereocenters. The molecule has 0 radical (unpaired) electrons. The molecule has 4 bridgehead atoms. The quantitative estimate of drug-likeness (QED) is 0.615. The minimum Gasteiger partial charge on any atom is -0.359 e. The zero-order chi connectivity index (χ0) is 18.1. The summed E-state index contributed by atoms with van der Waals surface area (Å²) >= 11 is 5.42. The second-order valence-electron chi connectivity index (χ2n) is 8.71. The fourth-order valence-electron chi connectivity index (χ4n) is 5.98. The van der Waals surface area contributed by atoms with Gasteiger partial charge in [0.25, 0.3) is 0 Å². The lowest BCUT2D eigenvalue weighted by atomic mass is 9.48. The molecule has 2 N–H and O–H groups in total. The highest BCUT2D eigenvalue weighted by atomic mass is 32.1. The van der Waals surface area contributed by atoms with Crippen LogP contribution in [0, 0.1) is 23.2 Å². The zero-order valence-corrected chi connectivity index (χ0v) is 16.2. The average Bonchev–Trinajstić information content (AvgIpc) is 2.59. The Labute approximate surface area is 161 Å². The minimum atomic E-state index is -0.177. The van der Waals surface area contributed by atoms with Gasteiger partial charge in [0.2, 0.25) is 5.91 Å². The number of hydrogen-bond donors (Lipinski definition) is 2. The lowest BCUT2D eigenvalue weighted by Gasteiger charge is -2.59. The largest absolute Gasteiger partial charge is 0.359 e. The SMILES string of the molecule is CC(NC(=S)NC(=O)/C=C/c1ccccc1)C12CC3CC(CC(C3)C1)C2. The highest BCUT2D eigenvalue weighted by Gasteiger charge is 2.53. The van der Waals surface area contributed by atoms with Crippen molar-refractivity contribution in [2.24, 2.45) is 23.2 Å². The minimum absolute atomic E-state index is 0.177. The Bertz CT molecular complexity index is 677. The summed E-state index contributed by atoms with van der Waals surface area (Å²) < 4.78 is 0. The van der Waals surface area contributed by atoms with Crippen LogP contribution in [0.4, 0.5) is 0 Å². The molecule has 4 fully saturated rings. The van der Waals surface area contributed by atoms with E-state index in [2.05, 4.69) is 17.6 Å². The van der Waals surface area contributed by atoms with Crippen LogP contribution in [0.2, 0.25) is 0 Å². The van der Waals surface area contributed by atoms with E-state index in [4.69, 9.17) is 12.2 Å². The van der Waals surface area contributed by atoms with Crippen molar-refractivity contribution in [3.05, 3.63) is 42.0 Å². The van der Waals surface area contributed by atoms with Gasteiger partial charge in [0.05, 0.1) is 0 Å². The maximum Gasteiger partial charge on any atom is 0.250 e. The molecule has 0 spiro atoms. The van der Waals surface area contributed by atoms with Crippen LogP contribution in [0.25, 0.3) is 6.08 Å². The van der Waals surface area contributed by atoms with Gasteiger partial charge in [-0.05, 0) is 92.5 Å². The Morgan fingerprint density at radius 2 is 1.69 bits per heavy atom. The Kier molecular flexibility index (Phi) is 4.87. The predicted octanol–water partition coefficient (Wildman–Crippen LogP) is 4.30. The van der Waals surface area contributed by atoms with Crippen LogP contribution in [0.5, 0.6) is 0 Å². The topological polar surface area (TPSA) is 41.1 Å². The van der Waals surface area contributed by atoms with Crippen LogP contribution in [0.15, 0.2) is 36.4 Å². The first kappa shape index (κ1) is 17.7. The van der Waals surface area contributed by atoms with E-state index in [-0.39, 0.29) is 5.91 Å². The third-order valence-corrected chi connectivity index (χ3v) is 7.04. The number of carbonyl (C=O) groups is 1. The predicted molar refractivity (Wildman–Crippen MR) is 109 cm³/mol. The average molecular weight is 369 g/mol. The van der Waals surface area contributed by atoms with Gasteiger partial charge >= 0.3 is 0 Å². The number of thiocarbonyl (C=S) groups is 1. The first-order chi connectivity index (χ1) is 12.5. The monoisotopic (exact) mass is 368 g/mol. The molecule has 1 aromatic carbocycles. The van der Waals surface area contributed by atoms with Crippen LogP contribution < -0.4 is 10.6 Å². The van der Waals surface area contributed by atoms with E-state index in [0.717, 1.165) is 23.3 Å². The van der Waals surface area contributed by atoms with Gasteiger partial charge in [-0.15, -0.1) is 0 Å². The van der Waals surface area contributed by atoms with Gasteiger partial charge in [-0.2, -0.15) is 0 Å². The van der Waals surface area contributed by atoms with Gasteiger partial charge < -0.3 is 5.32 Å².